The van der Waals surface area contributed by atoms with Gasteiger partial charge in [0.25, 0.3) is 5.91 Å². The molecule has 0 bridgehead atoms. The number of nitrogens with zero attached hydrogens (tertiary/aromatic N) is 1. The number of hydrogen-bond acceptors (Lipinski definition) is 6. The normalized spacial score (nSPS) is 17.4. The van der Waals surface area contributed by atoms with Crippen LogP contribution in [0.5, 0.6) is 23.0 Å². The molecule has 4 rings (SSSR count). The molecule has 0 unspecified atom stereocenters. The number of rotatable bonds is 8. The number of ether oxygens (including phenoxy) is 3. The Balaban J connectivity index is 1.66. The molecule has 0 aliphatic heterocycles. The molecule has 1 saturated carbocycles. The standard InChI is InChI=1S/C28H24F6N2O5/c1-39-25-14-21(41-28(32,33)34)7-9-23(25)40-24-12-17(16-2-5-18(6-3-16)27(29,30)31)4-8-22(24)26(38)36-19-10-11-35-20(13-19)15-37/h4,7-16,18H,2-3,5-6H2,1H3,(H,35,36,38). The van der Waals surface area contributed by atoms with Crippen molar-refractivity contribution in [2.75, 3.05) is 12.4 Å². The number of anilines is 1. The third kappa shape index (κ3) is 7.68. The highest BCUT2D eigenvalue weighted by molar-refractivity contribution is 6.06. The highest BCUT2D eigenvalue weighted by Gasteiger charge is 2.41. The summed E-state index contributed by atoms with van der Waals surface area (Å²) in [6, 6.07) is 10.5. The number of aldehydes is 1. The van der Waals surface area contributed by atoms with Gasteiger partial charge in [-0.2, -0.15) is 13.2 Å². The van der Waals surface area contributed by atoms with Gasteiger partial charge < -0.3 is 19.5 Å². The Morgan fingerprint density at radius 2 is 1.66 bits per heavy atom. The summed E-state index contributed by atoms with van der Waals surface area (Å²) in [5, 5.41) is 2.62. The minimum atomic E-state index is -4.94. The van der Waals surface area contributed by atoms with E-state index in [9.17, 15) is 35.9 Å². The van der Waals surface area contributed by atoms with Gasteiger partial charge in [0.1, 0.15) is 17.2 Å². The fourth-order valence-electron chi connectivity index (χ4n) is 4.66. The van der Waals surface area contributed by atoms with Gasteiger partial charge >= 0.3 is 12.5 Å². The first-order valence-corrected chi connectivity index (χ1v) is 12.4. The van der Waals surface area contributed by atoms with Gasteiger partial charge in [-0.1, -0.05) is 6.07 Å². The lowest BCUT2D eigenvalue weighted by molar-refractivity contribution is -0.274. The van der Waals surface area contributed by atoms with Crippen molar-refractivity contribution in [2.45, 2.75) is 44.1 Å². The molecule has 1 amide bonds. The summed E-state index contributed by atoms with van der Waals surface area (Å²) in [7, 11) is 1.21. The molecule has 0 spiro atoms. The number of methoxy groups -OCH3 is 1. The topological polar surface area (TPSA) is 86.8 Å². The van der Waals surface area contributed by atoms with E-state index in [2.05, 4.69) is 15.0 Å². The predicted molar refractivity (Wildman–Crippen MR) is 135 cm³/mol. The van der Waals surface area contributed by atoms with Gasteiger partial charge in [-0.3, -0.25) is 14.6 Å². The van der Waals surface area contributed by atoms with Crippen molar-refractivity contribution in [2.24, 2.45) is 5.92 Å². The maximum Gasteiger partial charge on any atom is 0.573 e. The van der Waals surface area contributed by atoms with Gasteiger partial charge in [-0.25, -0.2) is 0 Å². The van der Waals surface area contributed by atoms with Crippen LogP contribution in [0, 0.1) is 5.92 Å². The number of hydrogen-bond donors (Lipinski definition) is 1. The van der Waals surface area contributed by atoms with Crippen molar-refractivity contribution in [1.82, 2.24) is 4.98 Å². The smallest absolute Gasteiger partial charge is 0.493 e. The van der Waals surface area contributed by atoms with Crippen molar-refractivity contribution in [3.63, 3.8) is 0 Å². The van der Waals surface area contributed by atoms with Crippen molar-refractivity contribution in [1.29, 1.82) is 0 Å². The molecule has 218 valence electrons. The Morgan fingerprint density at radius 1 is 0.927 bits per heavy atom. The maximum absolute atomic E-state index is 13.2. The first kappa shape index (κ1) is 29.7. The van der Waals surface area contributed by atoms with E-state index < -0.39 is 30.1 Å². The van der Waals surface area contributed by atoms with Crippen molar-refractivity contribution < 1.29 is 50.1 Å². The zero-order chi connectivity index (χ0) is 29.8. The second kappa shape index (κ2) is 12.1. The Bertz CT molecular complexity index is 1400. The molecule has 0 radical (unpaired) electrons. The lowest BCUT2D eigenvalue weighted by Gasteiger charge is -2.30. The highest BCUT2D eigenvalue weighted by Crippen LogP contribution is 2.44. The minimum absolute atomic E-state index is 0.00889. The van der Waals surface area contributed by atoms with Gasteiger partial charge in [-0.15, -0.1) is 13.2 Å². The third-order valence-corrected chi connectivity index (χ3v) is 6.66. The predicted octanol–water partition coefficient (Wildman–Crippen LogP) is 7.68. The van der Waals surface area contributed by atoms with E-state index in [1.807, 2.05) is 0 Å². The van der Waals surface area contributed by atoms with Crippen LogP contribution in [0.1, 0.15) is 58.0 Å². The molecule has 1 N–H and O–H groups in total. The van der Waals surface area contributed by atoms with Crippen LogP contribution in [-0.4, -0.2) is 36.8 Å². The summed E-state index contributed by atoms with van der Waals surface area (Å²) in [5.74, 6) is -2.99. The van der Waals surface area contributed by atoms with E-state index in [-0.39, 0.29) is 65.8 Å². The molecule has 3 aromatic rings. The number of alkyl halides is 6. The SMILES string of the molecule is COc1cc(OC(F)(F)F)ccc1Oc1cc(C2CCC(C(F)(F)F)CC2)ccc1C(=O)Nc1ccnc(C=O)c1. The molecule has 41 heavy (non-hydrogen) atoms. The quantitative estimate of drug-likeness (QED) is 0.217. The van der Waals surface area contributed by atoms with E-state index in [0.717, 1.165) is 12.1 Å². The molecule has 13 heteroatoms. The molecule has 2 aromatic carbocycles. The Hall–Kier alpha value is -4.29. The van der Waals surface area contributed by atoms with E-state index in [1.54, 1.807) is 6.07 Å². The summed E-state index contributed by atoms with van der Waals surface area (Å²) >= 11 is 0. The Labute approximate surface area is 230 Å². The summed E-state index contributed by atoms with van der Waals surface area (Å²) in [4.78, 5) is 28.1. The number of benzene rings is 2. The van der Waals surface area contributed by atoms with Gasteiger partial charge in [0, 0.05) is 18.0 Å². The van der Waals surface area contributed by atoms with E-state index in [0.29, 0.717) is 11.8 Å². The fraction of sp³-hybridized carbons (Fsp3) is 0.321. The number of carbonyl (C=O) groups excluding carboxylic acids is 2. The molecule has 1 aromatic heterocycles. The van der Waals surface area contributed by atoms with Crippen LogP contribution in [0.4, 0.5) is 32.0 Å². The first-order valence-electron chi connectivity index (χ1n) is 12.4. The van der Waals surface area contributed by atoms with E-state index in [1.165, 1.54) is 43.6 Å². The third-order valence-electron chi connectivity index (χ3n) is 6.66. The zero-order valence-electron chi connectivity index (χ0n) is 21.5. The number of pyridine rings is 1. The molecule has 0 atom stereocenters. The second-order valence-corrected chi connectivity index (χ2v) is 9.35. The average Bonchev–Trinajstić information content (AvgIpc) is 2.92. The van der Waals surface area contributed by atoms with Crippen LogP contribution in [-0.2, 0) is 0 Å². The van der Waals surface area contributed by atoms with Crippen LogP contribution in [0.15, 0.2) is 54.7 Å². The van der Waals surface area contributed by atoms with E-state index in [4.69, 9.17) is 9.47 Å². The second-order valence-electron chi connectivity index (χ2n) is 9.35. The zero-order valence-corrected chi connectivity index (χ0v) is 21.5. The van der Waals surface area contributed by atoms with Crippen molar-refractivity contribution >= 4 is 17.9 Å². The van der Waals surface area contributed by atoms with E-state index >= 15 is 0 Å². The average molecular weight is 582 g/mol. The number of amides is 1. The molecular weight excluding hydrogens is 558 g/mol. The summed E-state index contributed by atoms with van der Waals surface area (Å²) in [5.41, 5.74) is 0.994. The monoisotopic (exact) mass is 582 g/mol. The number of aromatic nitrogens is 1. The van der Waals surface area contributed by atoms with Crippen LogP contribution < -0.4 is 19.5 Å². The molecule has 0 saturated heterocycles. The largest absolute Gasteiger partial charge is 0.573 e. The molecule has 1 heterocycles. The van der Waals surface area contributed by atoms with Crippen LogP contribution in [0.25, 0.3) is 0 Å². The lowest BCUT2D eigenvalue weighted by atomic mass is 9.78. The highest BCUT2D eigenvalue weighted by atomic mass is 19.4. The minimum Gasteiger partial charge on any atom is -0.493 e. The van der Waals surface area contributed by atoms with Gasteiger partial charge in [-0.05, 0) is 73.6 Å². The maximum atomic E-state index is 13.2. The summed E-state index contributed by atoms with van der Waals surface area (Å²) in [6.45, 7) is 0. The van der Waals surface area contributed by atoms with Gasteiger partial charge in [0.05, 0.1) is 18.6 Å². The number of carbonyl (C=O) groups is 2. The molecule has 7 nitrogen and oxygen atoms in total. The fourth-order valence-corrected chi connectivity index (χ4v) is 4.66. The lowest BCUT2D eigenvalue weighted by Crippen LogP contribution is -2.27. The van der Waals surface area contributed by atoms with Crippen LogP contribution in [0.2, 0.25) is 0 Å². The van der Waals surface area contributed by atoms with Crippen LogP contribution >= 0.6 is 0 Å². The molecule has 1 aliphatic carbocycles. The molecular formula is C28H24F6N2O5. The molecule has 1 fully saturated rings. The summed E-state index contributed by atoms with van der Waals surface area (Å²) < 4.78 is 92.6. The van der Waals surface area contributed by atoms with Crippen molar-refractivity contribution in [3.8, 4) is 23.0 Å². The van der Waals surface area contributed by atoms with Gasteiger partial charge in [0.2, 0.25) is 0 Å². The van der Waals surface area contributed by atoms with Crippen molar-refractivity contribution in [3.05, 3.63) is 71.5 Å². The summed E-state index contributed by atoms with van der Waals surface area (Å²) in [6.07, 6.45) is -6.91. The Morgan fingerprint density at radius 3 is 2.29 bits per heavy atom. The Kier molecular flexibility index (Phi) is 8.74. The number of nitrogens with one attached hydrogen (secondary N) is 1. The molecule has 1 aliphatic rings. The number of halogens is 6. The first-order chi connectivity index (χ1) is 19.4. The van der Waals surface area contributed by atoms with Crippen LogP contribution in [0.3, 0.4) is 0 Å². The van der Waals surface area contributed by atoms with Gasteiger partial charge in [0.15, 0.2) is 17.8 Å².